The number of halogens is 1. The minimum atomic E-state index is 0.772. The summed E-state index contributed by atoms with van der Waals surface area (Å²) in [7, 11) is 0. The normalized spacial score (nSPS) is 16.7. The molecule has 0 unspecified atom stereocenters. The molecule has 0 spiro atoms. The first-order valence-corrected chi connectivity index (χ1v) is 6.03. The van der Waals surface area contributed by atoms with Gasteiger partial charge in [0.15, 0.2) is 0 Å². The molecular formula is C12H16BrN. The van der Waals surface area contributed by atoms with E-state index in [1.54, 1.807) is 0 Å². The quantitative estimate of drug-likeness (QED) is 0.871. The van der Waals surface area contributed by atoms with E-state index < -0.39 is 0 Å². The summed E-state index contributed by atoms with van der Waals surface area (Å²) < 4.78 is 1.18. The zero-order chi connectivity index (χ0) is 9.97. The van der Waals surface area contributed by atoms with E-state index in [4.69, 9.17) is 0 Å². The van der Waals surface area contributed by atoms with Gasteiger partial charge in [0, 0.05) is 17.1 Å². The summed E-state index contributed by atoms with van der Waals surface area (Å²) in [5.41, 5.74) is 2.70. The average Bonchev–Trinajstić information content (AvgIpc) is 1.99. The molecule has 1 aromatic carbocycles. The third-order valence-electron chi connectivity index (χ3n) is 2.80. The molecule has 1 saturated carbocycles. The van der Waals surface area contributed by atoms with Crippen LogP contribution in [0, 0.1) is 6.92 Å². The second-order valence-corrected chi connectivity index (χ2v) is 5.06. The van der Waals surface area contributed by atoms with Crippen LogP contribution in [0.15, 0.2) is 22.7 Å². The van der Waals surface area contributed by atoms with Gasteiger partial charge in [-0.3, -0.25) is 0 Å². The number of aryl methyl sites for hydroxylation is 1. The van der Waals surface area contributed by atoms with Gasteiger partial charge in [0.05, 0.1) is 0 Å². The van der Waals surface area contributed by atoms with Gasteiger partial charge in [0.1, 0.15) is 0 Å². The van der Waals surface area contributed by atoms with Crippen LogP contribution in [0.4, 0.5) is 0 Å². The minimum Gasteiger partial charge on any atom is -0.310 e. The number of hydrogen-bond donors (Lipinski definition) is 1. The molecule has 0 heterocycles. The summed E-state index contributed by atoms with van der Waals surface area (Å²) in [5.74, 6) is 0. The average molecular weight is 254 g/mol. The van der Waals surface area contributed by atoms with Gasteiger partial charge in [-0.1, -0.05) is 28.4 Å². The number of benzene rings is 1. The van der Waals surface area contributed by atoms with Crippen molar-refractivity contribution in [3.05, 3.63) is 33.8 Å². The van der Waals surface area contributed by atoms with Crippen LogP contribution in [-0.2, 0) is 6.54 Å². The van der Waals surface area contributed by atoms with Gasteiger partial charge in [0.25, 0.3) is 0 Å². The van der Waals surface area contributed by atoms with Crippen LogP contribution in [0.5, 0.6) is 0 Å². The van der Waals surface area contributed by atoms with Gasteiger partial charge in [-0.15, -0.1) is 0 Å². The molecule has 2 heteroatoms. The standard InChI is InChI=1S/C12H16BrN/c1-9-5-10(7-11(13)6-9)8-14-12-3-2-4-12/h5-7,12,14H,2-4,8H2,1H3. The van der Waals surface area contributed by atoms with Crippen LogP contribution >= 0.6 is 15.9 Å². The molecule has 0 aliphatic heterocycles. The Morgan fingerprint density at radius 2 is 2.14 bits per heavy atom. The topological polar surface area (TPSA) is 12.0 Å². The van der Waals surface area contributed by atoms with Gasteiger partial charge in [-0.25, -0.2) is 0 Å². The second-order valence-electron chi connectivity index (χ2n) is 4.15. The molecule has 0 saturated heterocycles. The summed E-state index contributed by atoms with van der Waals surface area (Å²) >= 11 is 3.52. The Hall–Kier alpha value is -0.340. The highest BCUT2D eigenvalue weighted by Gasteiger charge is 2.15. The van der Waals surface area contributed by atoms with E-state index in [0.717, 1.165) is 12.6 Å². The second kappa shape index (κ2) is 4.45. The Balaban J connectivity index is 1.94. The van der Waals surface area contributed by atoms with Crippen molar-refractivity contribution < 1.29 is 0 Å². The molecule has 1 nitrogen and oxygen atoms in total. The Labute approximate surface area is 94.0 Å². The van der Waals surface area contributed by atoms with Gasteiger partial charge in [0.2, 0.25) is 0 Å². The summed E-state index contributed by atoms with van der Waals surface area (Å²) in [6.07, 6.45) is 4.11. The molecule has 1 aliphatic carbocycles. The first-order chi connectivity index (χ1) is 6.74. The summed E-state index contributed by atoms with van der Waals surface area (Å²) in [6.45, 7) is 3.14. The maximum atomic E-state index is 3.57. The fraction of sp³-hybridized carbons (Fsp3) is 0.500. The lowest BCUT2D eigenvalue weighted by Gasteiger charge is -2.26. The van der Waals surface area contributed by atoms with Gasteiger partial charge in [-0.05, 0) is 43.0 Å². The fourth-order valence-electron chi connectivity index (χ4n) is 1.79. The highest BCUT2D eigenvalue weighted by atomic mass is 79.9. The summed E-state index contributed by atoms with van der Waals surface area (Å²) in [4.78, 5) is 0. The molecule has 2 rings (SSSR count). The van der Waals surface area contributed by atoms with Crippen LogP contribution in [0.1, 0.15) is 30.4 Å². The van der Waals surface area contributed by atoms with Crippen molar-refractivity contribution in [1.29, 1.82) is 0 Å². The van der Waals surface area contributed by atoms with E-state index in [9.17, 15) is 0 Å². The highest BCUT2D eigenvalue weighted by molar-refractivity contribution is 9.10. The lowest BCUT2D eigenvalue weighted by Crippen LogP contribution is -2.34. The smallest absolute Gasteiger partial charge is 0.0208 e. The first kappa shape index (κ1) is 10.2. The van der Waals surface area contributed by atoms with Crippen molar-refractivity contribution in [1.82, 2.24) is 5.32 Å². The van der Waals surface area contributed by atoms with Crippen LogP contribution in [0.3, 0.4) is 0 Å². The fourth-order valence-corrected chi connectivity index (χ4v) is 2.44. The van der Waals surface area contributed by atoms with Gasteiger partial charge in [-0.2, -0.15) is 0 Å². The molecule has 1 N–H and O–H groups in total. The molecule has 1 aliphatic rings. The van der Waals surface area contributed by atoms with Crippen LogP contribution in [0.25, 0.3) is 0 Å². The maximum absolute atomic E-state index is 3.57. The number of hydrogen-bond acceptors (Lipinski definition) is 1. The minimum absolute atomic E-state index is 0.772. The molecule has 0 radical (unpaired) electrons. The zero-order valence-electron chi connectivity index (χ0n) is 8.52. The molecular weight excluding hydrogens is 238 g/mol. The molecule has 1 aromatic rings. The van der Waals surface area contributed by atoms with Crippen molar-refractivity contribution in [2.45, 2.75) is 38.8 Å². The van der Waals surface area contributed by atoms with E-state index in [0.29, 0.717) is 0 Å². The Bertz CT molecular complexity index is 298. The number of nitrogens with one attached hydrogen (secondary N) is 1. The third-order valence-corrected chi connectivity index (χ3v) is 3.26. The van der Waals surface area contributed by atoms with E-state index in [-0.39, 0.29) is 0 Å². The molecule has 76 valence electrons. The largest absolute Gasteiger partial charge is 0.310 e. The van der Waals surface area contributed by atoms with Crippen molar-refractivity contribution >= 4 is 15.9 Å². The first-order valence-electron chi connectivity index (χ1n) is 5.23. The van der Waals surface area contributed by atoms with E-state index >= 15 is 0 Å². The molecule has 0 bridgehead atoms. The highest BCUT2D eigenvalue weighted by Crippen LogP contribution is 2.20. The maximum Gasteiger partial charge on any atom is 0.0208 e. The third kappa shape index (κ3) is 2.58. The summed E-state index contributed by atoms with van der Waals surface area (Å²) in [6, 6.07) is 7.36. The van der Waals surface area contributed by atoms with Crippen LogP contribution in [-0.4, -0.2) is 6.04 Å². The van der Waals surface area contributed by atoms with E-state index in [1.165, 1.54) is 34.9 Å². The molecule has 1 fully saturated rings. The predicted molar refractivity (Wildman–Crippen MR) is 63.4 cm³/mol. The Kier molecular flexibility index (Phi) is 3.24. The lowest BCUT2D eigenvalue weighted by atomic mass is 9.93. The zero-order valence-corrected chi connectivity index (χ0v) is 10.1. The van der Waals surface area contributed by atoms with E-state index in [1.807, 2.05) is 0 Å². The van der Waals surface area contributed by atoms with Crippen molar-refractivity contribution in [3.63, 3.8) is 0 Å². The molecule has 14 heavy (non-hydrogen) atoms. The van der Waals surface area contributed by atoms with Crippen molar-refractivity contribution in [3.8, 4) is 0 Å². The lowest BCUT2D eigenvalue weighted by molar-refractivity contribution is 0.338. The summed E-state index contributed by atoms with van der Waals surface area (Å²) in [5, 5.41) is 3.57. The Morgan fingerprint density at radius 3 is 2.71 bits per heavy atom. The predicted octanol–water partition coefficient (Wildman–Crippen LogP) is 3.40. The van der Waals surface area contributed by atoms with Crippen molar-refractivity contribution in [2.75, 3.05) is 0 Å². The van der Waals surface area contributed by atoms with Crippen LogP contribution in [0.2, 0.25) is 0 Å². The SMILES string of the molecule is Cc1cc(Br)cc(CNC2CCC2)c1. The van der Waals surface area contributed by atoms with Gasteiger partial charge >= 0.3 is 0 Å². The molecule has 0 atom stereocenters. The monoisotopic (exact) mass is 253 g/mol. The van der Waals surface area contributed by atoms with Crippen LogP contribution < -0.4 is 5.32 Å². The number of rotatable bonds is 3. The van der Waals surface area contributed by atoms with Gasteiger partial charge < -0.3 is 5.32 Å². The molecule has 0 amide bonds. The van der Waals surface area contributed by atoms with Crippen molar-refractivity contribution in [2.24, 2.45) is 0 Å². The molecule has 0 aromatic heterocycles. The Morgan fingerprint density at radius 1 is 1.36 bits per heavy atom. The van der Waals surface area contributed by atoms with E-state index in [2.05, 4.69) is 46.4 Å².